The molecule has 1 aromatic carbocycles. The number of amides is 2. The Bertz CT molecular complexity index is 1070. The lowest BCUT2D eigenvalue weighted by Crippen LogP contribution is -2.38. The second kappa shape index (κ2) is 8.30. The second-order valence-corrected chi connectivity index (χ2v) is 9.74. The molecule has 4 N–H and O–H groups in total. The Kier molecular flexibility index (Phi) is 5.71. The zero-order chi connectivity index (χ0) is 22.3. The number of benzene rings is 1. The Labute approximate surface area is 185 Å². The van der Waals surface area contributed by atoms with Crippen molar-refractivity contribution in [1.29, 1.82) is 0 Å². The van der Waals surface area contributed by atoms with Crippen molar-refractivity contribution in [2.75, 3.05) is 5.32 Å². The zero-order valence-electron chi connectivity index (χ0n) is 17.6. The van der Waals surface area contributed by atoms with Gasteiger partial charge in [-0.15, -0.1) is 11.3 Å². The maximum absolute atomic E-state index is 13.3. The van der Waals surface area contributed by atoms with E-state index in [1.807, 2.05) is 44.2 Å². The SMILES string of the molecule is CC(C)=C1C2CCC1C(C(=O)Nc1sc(Cc3ccccc3)cc1C(N)=O)C2C(=O)O. The van der Waals surface area contributed by atoms with Crippen molar-refractivity contribution in [3.05, 3.63) is 63.5 Å². The second-order valence-electron chi connectivity index (χ2n) is 8.61. The van der Waals surface area contributed by atoms with Crippen molar-refractivity contribution in [2.24, 2.45) is 29.4 Å². The van der Waals surface area contributed by atoms with Gasteiger partial charge in [-0.25, -0.2) is 0 Å². The highest BCUT2D eigenvalue weighted by molar-refractivity contribution is 7.16. The van der Waals surface area contributed by atoms with Crippen molar-refractivity contribution in [3.63, 3.8) is 0 Å². The lowest BCUT2D eigenvalue weighted by atomic mass is 9.79. The molecule has 0 saturated heterocycles. The van der Waals surface area contributed by atoms with Crippen LogP contribution < -0.4 is 11.1 Å². The fourth-order valence-electron chi connectivity index (χ4n) is 5.40. The minimum Gasteiger partial charge on any atom is -0.481 e. The van der Waals surface area contributed by atoms with Gasteiger partial charge < -0.3 is 16.2 Å². The van der Waals surface area contributed by atoms with E-state index in [9.17, 15) is 19.5 Å². The summed E-state index contributed by atoms with van der Waals surface area (Å²) in [7, 11) is 0. The molecule has 31 heavy (non-hydrogen) atoms. The number of carbonyl (C=O) groups excluding carboxylic acids is 2. The van der Waals surface area contributed by atoms with Crippen LogP contribution >= 0.6 is 11.3 Å². The van der Waals surface area contributed by atoms with Crippen LogP contribution in [0.5, 0.6) is 0 Å². The molecule has 2 fully saturated rings. The first-order valence-corrected chi connectivity index (χ1v) is 11.3. The fraction of sp³-hybridized carbons (Fsp3) is 0.375. The predicted octanol–water partition coefficient (Wildman–Crippen LogP) is 4.07. The van der Waals surface area contributed by atoms with Gasteiger partial charge in [0.25, 0.3) is 5.91 Å². The number of nitrogens with one attached hydrogen (secondary N) is 1. The van der Waals surface area contributed by atoms with Gasteiger partial charge >= 0.3 is 5.97 Å². The number of fused-ring (bicyclic) bond motifs is 2. The Morgan fingerprint density at radius 1 is 1.10 bits per heavy atom. The maximum Gasteiger partial charge on any atom is 0.307 e. The molecule has 2 amide bonds. The van der Waals surface area contributed by atoms with Gasteiger partial charge in [-0.05, 0) is 50.2 Å². The molecule has 2 aliphatic carbocycles. The molecule has 1 heterocycles. The van der Waals surface area contributed by atoms with E-state index in [1.165, 1.54) is 11.3 Å². The first-order valence-electron chi connectivity index (χ1n) is 10.4. The minimum absolute atomic E-state index is 0.0584. The van der Waals surface area contributed by atoms with Gasteiger partial charge in [0.05, 0.1) is 17.4 Å². The number of hydrogen-bond donors (Lipinski definition) is 3. The summed E-state index contributed by atoms with van der Waals surface area (Å²) in [6.07, 6.45) is 2.24. The molecule has 162 valence electrons. The lowest BCUT2D eigenvalue weighted by molar-refractivity contribution is -0.148. The average Bonchev–Trinajstić information content (AvgIpc) is 3.40. The highest BCUT2D eigenvalue weighted by atomic mass is 32.1. The van der Waals surface area contributed by atoms with E-state index >= 15 is 0 Å². The van der Waals surface area contributed by atoms with Crippen molar-refractivity contribution in [3.8, 4) is 0 Å². The number of nitrogens with two attached hydrogens (primary N) is 1. The Balaban J connectivity index is 1.61. The van der Waals surface area contributed by atoms with Crippen molar-refractivity contribution in [1.82, 2.24) is 0 Å². The third kappa shape index (κ3) is 3.90. The molecule has 0 spiro atoms. The number of carboxylic acid groups (broad SMARTS) is 1. The molecule has 4 atom stereocenters. The summed E-state index contributed by atoms with van der Waals surface area (Å²) in [5.41, 5.74) is 9.15. The molecule has 4 rings (SSSR count). The first kappa shape index (κ1) is 21.3. The average molecular weight is 439 g/mol. The third-order valence-electron chi connectivity index (χ3n) is 6.51. The van der Waals surface area contributed by atoms with Crippen LogP contribution in [0.3, 0.4) is 0 Å². The number of carbonyl (C=O) groups is 3. The van der Waals surface area contributed by atoms with E-state index < -0.39 is 23.7 Å². The van der Waals surface area contributed by atoms with Gasteiger partial charge in [0, 0.05) is 11.3 Å². The molecule has 2 aromatic rings. The first-order chi connectivity index (χ1) is 14.8. The standard InChI is InChI=1S/C24H26N2O4S/c1-12(2)18-15-8-9-16(18)20(24(29)30)19(15)22(28)26-23-17(21(25)27)11-14(31-23)10-13-6-4-3-5-7-13/h3-7,11,15-16,19-20H,8-10H2,1-2H3,(H2,25,27)(H,26,28)(H,29,30). The van der Waals surface area contributed by atoms with E-state index in [-0.39, 0.29) is 23.3 Å². The van der Waals surface area contributed by atoms with E-state index in [0.717, 1.165) is 34.4 Å². The quantitative estimate of drug-likeness (QED) is 0.591. The van der Waals surface area contributed by atoms with E-state index in [4.69, 9.17) is 5.73 Å². The van der Waals surface area contributed by atoms with Gasteiger partial charge in [0.1, 0.15) is 5.00 Å². The van der Waals surface area contributed by atoms with Crippen LogP contribution in [0.1, 0.15) is 47.5 Å². The van der Waals surface area contributed by atoms with Crippen molar-refractivity contribution >= 4 is 34.1 Å². The predicted molar refractivity (Wildman–Crippen MR) is 120 cm³/mol. The van der Waals surface area contributed by atoms with Gasteiger partial charge in [0.2, 0.25) is 5.91 Å². The highest BCUT2D eigenvalue weighted by Crippen LogP contribution is 2.57. The largest absolute Gasteiger partial charge is 0.481 e. The van der Waals surface area contributed by atoms with E-state index in [0.29, 0.717) is 11.4 Å². The highest BCUT2D eigenvalue weighted by Gasteiger charge is 2.57. The molecule has 2 aliphatic rings. The molecule has 4 unspecified atom stereocenters. The zero-order valence-corrected chi connectivity index (χ0v) is 18.4. The monoisotopic (exact) mass is 438 g/mol. The molecule has 0 aliphatic heterocycles. The number of anilines is 1. The van der Waals surface area contributed by atoms with Crippen LogP contribution in [0.25, 0.3) is 0 Å². The van der Waals surface area contributed by atoms with Crippen molar-refractivity contribution in [2.45, 2.75) is 33.1 Å². The maximum atomic E-state index is 13.3. The number of primary amides is 1. The van der Waals surface area contributed by atoms with Crippen molar-refractivity contribution < 1.29 is 19.5 Å². The van der Waals surface area contributed by atoms with Crippen LogP contribution in [-0.4, -0.2) is 22.9 Å². The number of carboxylic acids is 1. The van der Waals surface area contributed by atoms with Crippen LogP contribution in [0.4, 0.5) is 5.00 Å². The number of hydrogen-bond acceptors (Lipinski definition) is 4. The van der Waals surface area contributed by atoms with Crippen LogP contribution in [-0.2, 0) is 16.0 Å². The summed E-state index contributed by atoms with van der Waals surface area (Å²) in [6, 6.07) is 11.5. The van der Waals surface area contributed by atoms with Gasteiger partial charge in [-0.2, -0.15) is 0 Å². The molecule has 7 heteroatoms. The Hall–Kier alpha value is -2.93. The minimum atomic E-state index is -0.933. The van der Waals surface area contributed by atoms with E-state index in [2.05, 4.69) is 5.32 Å². The summed E-state index contributed by atoms with van der Waals surface area (Å²) in [4.78, 5) is 38.2. The summed E-state index contributed by atoms with van der Waals surface area (Å²) in [5, 5.41) is 13.1. The Morgan fingerprint density at radius 3 is 2.32 bits per heavy atom. The number of thiophene rings is 1. The molecule has 1 aromatic heterocycles. The molecule has 2 saturated carbocycles. The summed E-state index contributed by atoms with van der Waals surface area (Å²) in [6.45, 7) is 3.97. The van der Waals surface area contributed by atoms with E-state index in [1.54, 1.807) is 6.07 Å². The summed E-state index contributed by atoms with van der Waals surface area (Å²) in [5.74, 6) is -3.40. The topological polar surface area (TPSA) is 109 Å². The summed E-state index contributed by atoms with van der Waals surface area (Å²) >= 11 is 1.31. The van der Waals surface area contributed by atoms with Gasteiger partial charge in [-0.3, -0.25) is 14.4 Å². The molecular weight excluding hydrogens is 412 g/mol. The third-order valence-corrected chi connectivity index (χ3v) is 7.56. The molecular formula is C24H26N2O4S. The van der Waals surface area contributed by atoms with Crippen LogP contribution in [0, 0.1) is 23.7 Å². The van der Waals surface area contributed by atoms with Gasteiger partial charge in [-0.1, -0.05) is 41.5 Å². The Morgan fingerprint density at radius 2 is 1.74 bits per heavy atom. The van der Waals surface area contributed by atoms with Gasteiger partial charge in [0.15, 0.2) is 0 Å². The number of allylic oxidation sites excluding steroid dienone is 2. The number of rotatable bonds is 6. The normalized spacial score (nSPS) is 24.3. The smallest absolute Gasteiger partial charge is 0.307 e. The fourth-order valence-corrected chi connectivity index (χ4v) is 6.50. The lowest BCUT2D eigenvalue weighted by Gasteiger charge is -2.26. The summed E-state index contributed by atoms with van der Waals surface area (Å²) < 4.78 is 0. The molecule has 0 radical (unpaired) electrons. The molecule has 2 bridgehead atoms. The van der Waals surface area contributed by atoms with Crippen LogP contribution in [0.15, 0.2) is 47.5 Å². The van der Waals surface area contributed by atoms with Crippen LogP contribution in [0.2, 0.25) is 0 Å². The number of aliphatic carboxylic acids is 1. The molecule has 6 nitrogen and oxygen atoms in total.